The van der Waals surface area contributed by atoms with Crippen LogP contribution in [0.4, 0.5) is 8.78 Å². The summed E-state index contributed by atoms with van der Waals surface area (Å²) < 4.78 is 51.3. The molecule has 202 valence electrons. The zero-order valence-corrected chi connectivity index (χ0v) is 21.3. The Morgan fingerprint density at radius 1 is 1.11 bits per heavy atom. The summed E-state index contributed by atoms with van der Waals surface area (Å²) >= 11 is 12.6. The third kappa shape index (κ3) is 7.78. The number of rotatable bonds is 13. The lowest BCUT2D eigenvalue weighted by Crippen LogP contribution is -2.21. The Bertz CT molecular complexity index is 1240. The quantitative estimate of drug-likeness (QED) is 0.246. The highest BCUT2D eigenvalue weighted by molar-refractivity contribution is 6.35. The van der Waals surface area contributed by atoms with Crippen molar-refractivity contribution in [2.75, 3.05) is 19.8 Å². The largest absolute Gasteiger partial charge is 0.489 e. The monoisotopic (exact) mass is 570 g/mol. The number of pyridine rings is 1. The van der Waals surface area contributed by atoms with Gasteiger partial charge in [-0.05, 0) is 48.4 Å². The molecule has 9 nitrogen and oxygen atoms in total. The Labute approximate surface area is 226 Å². The Kier molecular flexibility index (Phi) is 9.35. The van der Waals surface area contributed by atoms with Crippen LogP contribution in [0, 0.1) is 5.92 Å². The first kappa shape index (κ1) is 27.6. The van der Waals surface area contributed by atoms with Crippen LogP contribution in [-0.4, -0.2) is 48.3 Å². The number of carbonyl (C=O) groups excluding carboxylic acids is 2. The highest BCUT2D eigenvalue weighted by Crippen LogP contribution is 2.37. The van der Waals surface area contributed by atoms with Crippen LogP contribution >= 0.6 is 23.2 Å². The molecule has 1 unspecified atom stereocenters. The number of aromatic nitrogens is 2. The predicted molar refractivity (Wildman–Crippen MR) is 130 cm³/mol. The summed E-state index contributed by atoms with van der Waals surface area (Å²) in [4.78, 5) is 31.8. The fourth-order valence-corrected chi connectivity index (χ4v) is 4.00. The third-order valence-corrected chi connectivity index (χ3v) is 6.29. The van der Waals surface area contributed by atoms with E-state index in [4.69, 9.17) is 41.8 Å². The lowest BCUT2D eigenvalue weighted by molar-refractivity contribution is -0.147. The molecule has 38 heavy (non-hydrogen) atoms. The molecule has 2 aromatic heterocycles. The summed E-state index contributed by atoms with van der Waals surface area (Å²) in [6.45, 7) is -3.50. The van der Waals surface area contributed by atoms with Crippen molar-refractivity contribution in [2.24, 2.45) is 5.92 Å². The van der Waals surface area contributed by atoms with E-state index in [2.05, 4.69) is 14.7 Å². The van der Waals surface area contributed by atoms with Crippen molar-refractivity contribution in [3.8, 4) is 11.5 Å². The van der Waals surface area contributed by atoms with E-state index in [1.807, 2.05) is 0 Å². The van der Waals surface area contributed by atoms with Gasteiger partial charge in [0.2, 0.25) is 0 Å². The normalized spacial score (nSPS) is 13.7. The molecule has 0 saturated heterocycles. The Morgan fingerprint density at radius 2 is 1.87 bits per heavy atom. The minimum Gasteiger partial charge on any atom is -0.489 e. The van der Waals surface area contributed by atoms with E-state index in [0.717, 1.165) is 25.5 Å². The fraction of sp³-hybridized carbons (Fsp3) is 0.360. The van der Waals surface area contributed by atoms with Gasteiger partial charge in [0.25, 0.3) is 0 Å². The number of halogens is 4. The molecule has 0 amide bonds. The lowest BCUT2D eigenvalue weighted by atomic mass is 9.92. The minimum absolute atomic E-state index is 0.0949. The van der Waals surface area contributed by atoms with Gasteiger partial charge < -0.3 is 23.4 Å². The van der Waals surface area contributed by atoms with Crippen LogP contribution < -0.4 is 9.47 Å². The van der Waals surface area contributed by atoms with Crippen molar-refractivity contribution >= 4 is 35.1 Å². The number of hydrogen-bond donors (Lipinski definition) is 0. The maximum Gasteiger partial charge on any atom is 0.387 e. The summed E-state index contributed by atoms with van der Waals surface area (Å²) in [5.74, 6) is -1.81. The SMILES string of the molecule is O=C(COC(=O)c1cocn1)OCC(Cc1c(Cl)cncc1Cl)c1ccc(OC(F)F)c(OCC2CC2)c1. The second-order valence-corrected chi connectivity index (χ2v) is 9.27. The zero-order chi connectivity index (χ0) is 27.1. The molecule has 13 heteroatoms. The summed E-state index contributed by atoms with van der Waals surface area (Å²) in [5, 5.41) is 0.608. The smallest absolute Gasteiger partial charge is 0.387 e. The first-order valence-corrected chi connectivity index (χ1v) is 12.3. The van der Waals surface area contributed by atoms with Crippen LogP contribution in [0.15, 0.2) is 47.7 Å². The van der Waals surface area contributed by atoms with Gasteiger partial charge in [-0.25, -0.2) is 14.6 Å². The van der Waals surface area contributed by atoms with Crippen LogP contribution in [0.5, 0.6) is 11.5 Å². The molecule has 1 aliphatic carbocycles. The van der Waals surface area contributed by atoms with Gasteiger partial charge in [0, 0.05) is 18.3 Å². The van der Waals surface area contributed by atoms with Crippen molar-refractivity contribution in [1.29, 1.82) is 0 Å². The van der Waals surface area contributed by atoms with Gasteiger partial charge in [-0.3, -0.25) is 4.98 Å². The maximum atomic E-state index is 13.0. The molecule has 2 heterocycles. The third-order valence-electron chi connectivity index (χ3n) is 5.64. The van der Waals surface area contributed by atoms with E-state index in [0.29, 0.717) is 33.7 Å². The van der Waals surface area contributed by atoms with Gasteiger partial charge >= 0.3 is 18.6 Å². The number of carbonyl (C=O) groups is 2. The first-order chi connectivity index (χ1) is 18.3. The molecule has 3 aromatic rings. The molecule has 1 fully saturated rings. The molecular weight excluding hydrogens is 549 g/mol. The van der Waals surface area contributed by atoms with E-state index in [1.54, 1.807) is 12.1 Å². The van der Waals surface area contributed by atoms with Gasteiger partial charge in [0.1, 0.15) is 6.26 Å². The summed E-state index contributed by atoms with van der Waals surface area (Å²) in [6, 6.07) is 4.49. The Morgan fingerprint density at radius 3 is 2.53 bits per heavy atom. The number of hydrogen-bond acceptors (Lipinski definition) is 9. The second kappa shape index (κ2) is 12.9. The van der Waals surface area contributed by atoms with Crippen LogP contribution in [0.3, 0.4) is 0 Å². The summed E-state index contributed by atoms with van der Waals surface area (Å²) in [6.07, 6.45) is 7.21. The minimum atomic E-state index is -3.03. The van der Waals surface area contributed by atoms with Crippen molar-refractivity contribution in [2.45, 2.75) is 31.8 Å². The highest BCUT2D eigenvalue weighted by Gasteiger charge is 2.25. The van der Waals surface area contributed by atoms with Crippen LogP contribution in [0.2, 0.25) is 10.0 Å². The summed E-state index contributed by atoms with van der Waals surface area (Å²) in [7, 11) is 0. The van der Waals surface area contributed by atoms with Crippen molar-refractivity contribution in [3.63, 3.8) is 0 Å². The number of esters is 2. The van der Waals surface area contributed by atoms with Gasteiger partial charge in [0.15, 0.2) is 30.2 Å². The van der Waals surface area contributed by atoms with Crippen LogP contribution in [-0.2, 0) is 20.7 Å². The average Bonchev–Trinajstić information content (AvgIpc) is 3.55. The number of ether oxygens (including phenoxy) is 4. The molecule has 0 N–H and O–H groups in total. The van der Waals surface area contributed by atoms with Gasteiger partial charge in [-0.15, -0.1) is 0 Å². The van der Waals surface area contributed by atoms with Crippen LogP contribution in [0.1, 0.15) is 40.4 Å². The number of alkyl halides is 2. The lowest BCUT2D eigenvalue weighted by Gasteiger charge is -2.21. The first-order valence-electron chi connectivity index (χ1n) is 11.5. The van der Waals surface area contributed by atoms with Crippen molar-refractivity contribution in [3.05, 3.63) is 70.1 Å². The molecule has 4 rings (SSSR count). The molecule has 1 aromatic carbocycles. The van der Waals surface area contributed by atoms with Crippen molar-refractivity contribution in [1.82, 2.24) is 9.97 Å². The standard InChI is InChI=1S/C25H22Cl2F2N2O7/c26-18-7-30-8-19(27)17(18)5-16(10-36-23(32)12-37-24(33)20-11-34-13-31-20)15-3-4-21(38-25(28)29)22(6-15)35-9-14-1-2-14/h3-4,6-8,11,13-14,16,25H,1-2,5,9-10,12H2. The van der Waals surface area contributed by atoms with E-state index < -0.39 is 31.1 Å². The molecule has 1 aliphatic rings. The highest BCUT2D eigenvalue weighted by atomic mass is 35.5. The fourth-order valence-electron chi connectivity index (χ4n) is 3.48. The van der Waals surface area contributed by atoms with E-state index >= 15 is 0 Å². The molecule has 0 aliphatic heterocycles. The van der Waals surface area contributed by atoms with E-state index in [1.165, 1.54) is 18.5 Å². The average molecular weight is 571 g/mol. The van der Waals surface area contributed by atoms with Crippen LogP contribution in [0.25, 0.3) is 0 Å². The molecule has 0 spiro atoms. The second-order valence-electron chi connectivity index (χ2n) is 8.45. The topological polar surface area (TPSA) is 110 Å². The molecule has 1 atom stereocenters. The van der Waals surface area contributed by atoms with E-state index in [9.17, 15) is 18.4 Å². The molecular formula is C25H22Cl2F2N2O7. The van der Waals surface area contributed by atoms with Gasteiger partial charge in [-0.1, -0.05) is 29.3 Å². The maximum absolute atomic E-state index is 13.0. The Hall–Kier alpha value is -3.44. The van der Waals surface area contributed by atoms with Gasteiger partial charge in [0.05, 0.1) is 23.3 Å². The van der Waals surface area contributed by atoms with Gasteiger partial charge in [-0.2, -0.15) is 8.78 Å². The number of oxazole rings is 1. The summed E-state index contributed by atoms with van der Waals surface area (Å²) in [5.41, 5.74) is 1.05. The molecule has 0 bridgehead atoms. The molecule has 0 radical (unpaired) electrons. The van der Waals surface area contributed by atoms with Crippen molar-refractivity contribution < 1.29 is 41.7 Å². The Balaban J connectivity index is 1.51. The molecule has 1 saturated carbocycles. The van der Waals surface area contributed by atoms with E-state index in [-0.39, 0.29) is 30.2 Å². The predicted octanol–water partition coefficient (Wildman–Crippen LogP) is 5.49. The number of benzene rings is 1. The number of nitrogens with zero attached hydrogens (tertiary/aromatic N) is 2. The zero-order valence-electron chi connectivity index (χ0n) is 19.8.